The Morgan fingerprint density at radius 1 is 1.31 bits per heavy atom. The molecule has 0 fully saturated rings. The number of hydrogen-bond donors (Lipinski definition) is 1. The zero-order chi connectivity index (χ0) is 18.4. The van der Waals surface area contributed by atoms with Gasteiger partial charge in [0.05, 0.1) is 19.6 Å². The molecule has 1 aliphatic rings. The minimum atomic E-state index is -0.523. The Balaban J connectivity index is 1.68. The van der Waals surface area contributed by atoms with Crippen LogP contribution < -0.4 is 14.8 Å². The van der Waals surface area contributed by atoms with E-state index in [0.29, 0.717) is 11.5 Å². The van der Waals surface area contributed by atoms with E-state index in [9.17, 15) is 9.59 Å². The Morgan fingerprint density at radius 2 is 2.15 bits per heavy atom. The highest BCUT2D eigenvalue weighted by Gasteiger charge is 2.18. The van der Waals surface area contributed by atoms with Crippen molar-refractivity contribution in [3.8, 4) is 11.5 Å². The zero-order valence-corrected chi connectivity index (χ0v) is 14.2. The first-order valence-corrected chi connectivity index (χ1v) is 8.00. The molecular formula is C19H18N2O5. The Hall–Kier alpha value is -3.35. The van der Waals surface area contributed by atoms with Crippen LogP contribution in [0.25, 0.3) is 6.08 Å². The molecule has 1 unspecified atom stereocenters. The molecule has 7 nitrogen and oxygen atoms in total. The maximum Gasteiger partial charge on any atom is 0.307 e. The van der Waals surface area contributed by atoms with E-state index in [-0.39, 0.29) is 19.1 Å². The highest BCUT2D eigenvalue weighted by atomic mass is 16.7. The number of methoxy groups -OCH3 is 1. The molecule has 7 heteroatoms. The molecule has 0 radical (unpaired) electrons. The monoisotopic (exact) mass is 354 g/mol. The normalized spacial score (nSPS) is 13.4. The number of ether oxygens (including phenoxy) is 3. The predicted molar refractivity (Wildman–Crippen MR) is 93.4 cm³/mol. The molecule has 2 aromatic rings. The van der Waals surface area contributed by atoms with Crippen LogP contribution >= 0.6 is 0 Å². The molecule has 0 bridgehead atoms. The molecule has 26 heavy (non-hydrogen) atoms. The van der Waals surface area contributed by atoms with Crippen molar-refractivity contribution in [3.63, 3.8) is 0 Å². The molecule has 0 saturated carbocycles. The Bertz CT molecular complexity index is 820. The molecule has 0 saturated heterocycles. The Morgan fingerprint density at radius 3 is 2.92 bits per heavy atom. The quantitative estimate of drug-likeness (QED) is 0.632. The van der Waals surface area contributed by atoms with Gasteiger partial charge in [-0.25, -0.2) is 0 Å². The molecule has 2 heterocycles. The number of amides is 1. The smallest absolute Gasteiger partial charge is 0.307 e. The third-order valence-electron chi connectivity index (χ3n) is 3.83. The summed E-state index contributed by atoms with van der Waals surface area (Å²) in [5.74, 6) is 0.576. The summed E-state index contributed by atoms with van der Waals surface area (Å²) in [7, 11) is 1.31. The van der Waals surface area contributed by atoms with Gasteiger partial charge in [-0.15, -0.1) is 0 Å². The van der Waals surface area contributed by atoms with Crippen LogP contribution in [0.1, 0.15) is 23.6 Å². The van der Waals surface area contributed by atoms with Gasteiger partial charge in [-0.2, -0.15) is 0 Å². The fourth-order valence-corrected chi connectivity index (χ4v) is 2.49. The molecule has 1 amide bonds. The minimum absolute atomic E-state index is 0.0196. The van der Waals surface area contributed by atoms with Gasteiger partial charge < -0.3 is 19.5 Å². The first-order chi connectivity index (χ1) is 12.7. The van der Waals surface area contributed by atoms with E-state index in [1.54, 1.807) is 42.7 Å². The number of fused-ring (bicyclic) bond motifs is 1. The number of nitrogens with zero attached hydrogens (tertiary/aromatic N) is 1. The fourth-order valence-electron chi connectivity index (χ4n) is 2.49. The Labute approximate surface area is 150 Å². The third kappa shape index (κ3) is 4.38. The lowest BCUT2D eigenvalue weighted by molar-refractivity contribution is -0.141. The summed E-state index contributed by atoms with van der Waals surface area (Å²) in [5, 5.41) is 2.80. The van der Waals surface area contributed by atoms with Crippen LogP contribution in [0.3, 0.4) is 0 Å². The van der Waals surface area contributed by atoms with E-state index < -0.39 is 12.0 Å². The zero-order valence-electron chi connectivity index (χ0n) is 14.2. The number of rotatable bonds is 6. The van der Waals surface area contributed by atoms with Crippen LogP contribution in [-0.4, -0.2) is 30.8 Å². The first kappa shape index (κ1) is 17.5. The lowest BCUT2D eigenvalue weighted by Crippen LogP contribution is -2.29. The molecule has 0 spiro atoms. The maximum absolute atomic E-state index is 12.3. The molecule has 1 atom stereocenters. The van der Waals surface area contributed by atoms with Gasteiger partial charge in [0.1, 0.15) is 0 Å². The summed E-state index contributed by atoms with van der Waals surface area (Å²) < 4.78 is 15.3. The van der Waals surface area contributed by atoms with Gasteiger partial charge in [0.15, 0.2) is 11.5 Å². The van der Waals surface area contributed by atoms with Crippen molar-refractivity contribution in [2.24, 2.45) is 0 Å². The van der Waals surface area contributed by atoms with Crippen molar-refractivity contribution in [1.82, 2.24) is 10.3 Å². The van der Waals surface area contributed by atoms with Crippen molar-refractivity contribution < 1.29 is 23.8 Å². The first-order valence-electron chi connectivity index (χ1n) is 8.00. The van der Waals surface area contributed by atoms with E-state index in [1.165, 1.54) is 13.2 Å². The van der Waals surface area contributed by atoms with Crippen LogP contribution in [0.4, 0.5) is 0 Å². The Kier molecular flexibility index (Phi) is 5.48. The van der Waals surface area contributed by atoms with Gasteiger partial charge in [-0.3, -0.25) is 14.6 Å². The second-order valence-corrected chi connectivity index (χ2v) is 5.57. The number of aromatic nitrogens is 1. The van der Waals surface area contributed by atoms with E-state index in [1.807, 2.05) is 6.07 Å². The van der Waals surface area contributed by atoms with Crippen LogP contribution in [0.5, 0.6) is 11.5 Å². The second-order valence-electron chi connectivity index (χ2n) is 5.57. The van der Waals surface area contributed by atoms with Crippen molar-refractivity contribution in [3.05, 3.63) is 59.9 Å². The van der Waals surface area contributed by atoms with E-state index >= 15 is 0 Å². The summed E-state index contributed by atoms with van der Waals surface area (Å²) in [6.45, 7) is 0.198. The molecule has 0 aliphatic carbocycles. The molecule has 1 aliphatic heterocycles. The highest BCUT2D eigenvalue weighted by Crippen LogP contribution is 2.32. The van der Waals surface area contributed by atoms with Gasteiger partial charge in [0.25, 0.3) is 0 Å². The van der Waals surface area contributed by atoms with Gasteiger partial charge in [-0.1, -0.05) is 12.1 Å². The van der Waals surface area contributed by atoms with Crippen molar-refractivity contribution >= 4 is 18.0 Å². The van der Waals surface area contributed by atoms with Gasteiger partial charge in [0, 0.05) is 18.5 Å². The summed E-state index contributed by atoms with van der Waals surface area (Å²) in [6, 6.07) is 8.42. The molecular weight excluding hydrogens is 336 g/mol. The van der Waals surface area contributed by atoms with Crippen LogP contribution in [0, 0.1) is 0 Å². The molecule has 1 aromatic heterocycles. The number of carbonyl (C=O) groups is 2. The molecule has 1 N–H and O–H groups in total. The summed E-state index contributed by atoms with van der Waals surface area (Å²) in [5.41, 5.74) is 1.53. The van der Waals surface area contributed by atoms with Gasteiger partial charge in [-0.05, 0) is 35.4 Å². The standard InChI is InChI=1S/C19H18N2O5/c1-24-19(23)10-15(14-3-2-8-20-11-14)21-18(22)7-5-13-4-6-16-17(9-13)26-12-25-16/h2-9,11,15H,10,12H2,1H3,(H,21,22). The van der Waals surface area contributed by atoms with Crippen molar-refractivity contribution in [2.45, 2.75) is 12.5 Å². The lowest BCUT2D eigenvalue weighted by atomic mass is 10.1. The third-order valence-corrected chi connectivity index (χ3v) is 3.83. The average Bonchev–Trinajstić information content (AvgIpc) is 3.14. The number of benzene rings is 1. The van der Waals surface area contributed by atoms with Crippen LogP contribution in [0.15, 0.2) is 48.8 Å². The van der Waals surface area contributed by atoms with Gasteiger partial charge in [0.2, 0.25) is 12.7 Å². The van der Waals surface area contributed by atoms with E-state index in [4.69, 9.17) is 14.2 Å². The largest absolute Gasteiger partial charge is 0.469 e. The lowest BCUT2D eigenvalue weighted by Gasteiger charge is -2.16. The van der Waals surface area contributed by atoms with E-state index in [0.717, 1.165) is 11.1 Å². The fraction of sp³-hybridized carbons (Fsp3) is 0.211. The molecule has 3 rings (SSSR count). The maximum atomic E-state index is 12.3. The predicted octanol–water partition coefficient (Wildman–Crippen LogP) is 2.24. The highest BCUT2D eigenvalue weighted by molar-refractivity contribution is 5.92. The topological polar surface area (TPSA) is 86.8 Å². The number of nitrogens with one attached hydrogen (secondary N) is 1. The summed E-state index contributed by atoms with van der Waals surface area (Å²) >= 11 is 0. The number of pyridine rings is 1. The van der Waals surface area contributed by atoms with E-state index in [2.05, 4.69) is 10.3 Å². The second kappa shape index (κ2) is 8.15. The minimum Gasteiger partial charge on any atom is -0.469 e. The number of carbonyl (C=O) groups excluding carboxylic acids is 2. The van der Waals surface area contributed by atoms with Crippen molar-refractivity contribution in [1.29, 1.82) is 0 Å². The number of hydrogen-bond acceptors (Lipinski definition) is 6. The van der Waals surface area contributed by atoms with Gasteiger partial charge >= 0.3 is 5.97 Å². The summed E-state index contributed by atoms with van der Waals surface area (Å²) in [4.78, 5) is 27.9. The molecule has 1 aromatic carbocycles. The SMILES string of the molecule is COC(=O)CC(NC(=O)C=Cc1ccc2c(c1)OCO2)c1cccnc1. The summed E-state index contributed by atoms with van der Waals surface area (Å²) in [6.07, 6.45) is 6.31. The number of esters is 1. The van der Waals surface area contributed by atoms with Crippen LogP contribution in [0.2, 0.25) is 0 Å². The molecule has 134 valence electrons. The van der Waals surface area contributed by atoms with Crippen molar-refractivity contribution in [2.75, 3.05) is 13.9 Å². The van der Waals surface area contributed by atoms with Crippen LogP contribution in [-0.2, 0) is 14.3 Å². The average molecular weight is 354 g/mol.